The third-order valence-electron chi connectivity index (χ3n) is 2.28. The van der Waals surface area contributed by atoms with Gasteiger partial charge in [-0.15, -0.1) is 6.58 Å². The number of rotatable bonds is 6. The molecule has 1 rings (SSSR count). The normalized spacial score (nSPS) is 11.9. The molecule has 0 amide bonds. The van der Waals surface area contributed by atoms with E-state index in [0.29, 0.717) is 16.5 Å². The lowest BCUT2D eigenvalue weighted by Crippen LogP contribution is -2.05. The summed E-state index contributed by atoms with van der Waals surface area (Å²) in [6.07, 6.45) is 1.39. The molecule has 6 heteroatoms. The molecular weight excluding hydrogens is 302 g/mol. The number of aliphatic hydroxyl groups is 1. The van der Waals surface area contributed by atoms with E-state index >= 15 is 0 Å². The number of ether oxygens (including phenoxy) is 1. The van der Waals surface area contributed by atoms with Crippen LogP contribution in [0.3, 0.4) is 0 Å². The first kappa shape index (κ1) is 14.7. The predicted octanol–water partition coefficient (Wildman–Crippen LogP) is 3.37. The molecule has 0 fully saturated rings. The molecule has 1 aromatic carbocycles. The van der Waals surface area contributed by atoms with Gasteiger partial charge in [-0.2, -0.15) is 0 Å². The number of benzene rings is 1. The van der Waals surface area contributed by atoms with Crippen molar-refractivity contribution in [1.82, 2.24) is 0 Å². The Bertz CT molecular complexity index is 460. The van der Waals surface area contributed by atoms with Gasteiger partial charge in [-0.3, -0.25) is 10.1 Å². The van der Waals surface area contributed by atoms with Crippen LogP contribution in [0.1, 0.15) is 25.0 Å². The largest absolute Gasteiger partial charge is 0.486 e. The van der Waals surface area contributed by atoms with E-state index in [9.17, 15) is 15.2 Å². The molecule has 0 aliphatic heterocycles. The number of aliphatic hydroxyl groups excluding tert-OH is 1. The number of nitrogens with zero attached hydrogens (tertiary/aromatic N) is 1. The molecule has 0 unspecified atom stereocenters. The van der Waals surface area contributed by atoms with E-state index in [0.717, 1.165) is 0 Å². The maximum atomic E-state index is 11.0. The number of hydrogen-bond acceptors (Lipinski definition) is 4. The lowest BCUT2D eigenvalue weighted by Gasteiger charge is -2.13. The fraction of sp³-hybridized carbons (Fsp3) is 0.333. The quantitative estimate of drug-likeness (QED) is 0.378. The highest BCUT2D eigenvalue weighted by Gasteiger charge is 2.23. The van der Waals surface area contributed by atoms with Crippen molar-refractivity contribution < 1.29 is 14.8 Å². The summed E-state index contributed by atoms with van der Waals surface area (Å²) in [5.74, 6) is 0.111. The molecule has 0 saturated carbocycles. The van der Waals surface area contributed by atoms with Gasteiger partial charge in [0.2, 0.25) is 5.75 Å². The van der Waals surface area contributed by atoms with Gasteiger partial charge < -0.3 is 9.84 Å². The Morgan fingerprint density at radius 2 is 2.33 bits per heavy atom. The monoisotopic (exact) mass is 315 g/mol. The maximum Gasteiger partial charge on any atom is 0.312 e. The molecule has 98 valence electrons. The summed E-state index contributed by atoms with van der Waals surface area (Å²) < 4.78 is 5.92. The third kappa shape index (κ3) is 3.54. The van der Waals surface area contributed by atoms with Gasteiger partial charge in [0, 0.05) is 16.1 Å². The maximum absolute atomic E-state index is 11.0. The van der Waals surface area contributed by atoms with E-state index in [1.165, 1.54) is 13.0 Å². The van der Waals surface area contributed by atoms with Crippen molar-refractivity contribution in [2.45, 2.75) is 19.4 Å². The Labute approximate surface area is 113 Å². The molecule has 0 aromatic heterocycles. The molecule has 0 saturated heterocycles. The van der Waals surface area contributed by atoms with E-state index in [1.807, 2.05) is 0 Å². The summed E-state index contributed by atoms with van der Waals surface area (Å²) in [7, 11) is 0. The van der Waals surface area contributed by atoms with Crippen molar-refractivity contribution in [2.75, 3.05) is 6.61 Å². The minimum absolute atomic E-state index is 0.111. The molecule has 5 nitrogen and oxygen atoms in total. The second-order valence-corrected chi connectivity index (χ2v) is 4.62. The van der Waals surface area contributed by atoms with Crippen LogP contribution >= 0.6 is 15.9 Å². The van der Waals surface area contributed by atoms with Crippen molar-refractivity contribution in [3.8, 4) is 5.75 Å². The second kappa shape index (κ2) is 6.51. The van der Waals surface area contributed by atoms with Gasteiger partial charge >= 0.3 is 5.69 Å². The van der Waals surface area contributed by atoms with Crippen LogP contribution in [0.4, 0.5) is 5.69 Å². The van der Waals surface area contributed by atoms with Crippen LogP contribution in [0.25, 0.3) is 0 Å². The summed E-state index contributed by atoms with van der Waals surface area (Å²) in [5.41, 5.74) is 0.226. The Hall–Kier alpha value is -1.40. The summed E-state index contributed by atoms with van der Waals surface area (Å²) >= 11 is 3.18. The van der Waals surface area contributed by atoms with Crippen LogP contribution in [0, 0.1) is 10.1 Å². The Morgan fingerprint density at radius 3 is 2.83 bits per heavy atom. The van der Waals surface area contributed by atoms with Crippen LogP contribution < -0.4 is 4.74 Å². The molecule has 1 atom stereocenters. The fourth-order valence-corrected chi connectivity index (χ4v) is 1.91. The SMILES string of the molecule is C=CCCOc1c([C@@H](C)O)cc(Br)cc1[N+](=O)[O-]. The van der Waals surface area contributed by atoms with Gasteiger partial charge in [-0.05, 0) is 19.4 Å². The number of nitro benzene ring substituents is 1. The molecule has 0 aliphatic rings. The van der Waals surface area contributed by atoms with Crippen LogP contribution in [0.15, 0.2) is 29.3 Å². The molecule has 0 radical (unpaired) electrons. The average Bonchev–Trinajstić information content (AvgIpc) is 2.30. The Kier molecular flexibility index (Phi) is 5.30. The first-order valence-electron chi connectivity index (χ1n) is 5.37. The number of hydrogen-bond donors (Lipinski definition) is 1. The summed E-state index contributed by atoms with van der Waals surface area (Å²) in [6, 6.07) is 2.97. The van der Waals surface area contributed by atoms with Crippen molar-refractivity contribution >= 4 is 21.6 Å². The van der Waals surface area contributed by atoms with Crippen molar-refractivity contribution in [1.29, 1.82) is 0 Å². The fourth-order valence-electron chi connectivity index (χ4n) is 1.45. The first-order valence-corrected chi connectivity index (χ1v) is 6.16. The number of nitro groups is 1. The standard InChI is InChI=1S/C12H14BrNO4/c1-3-4-5-18-12-10(8(2)15)6-9(13)7-11(12)14(16)17/h3,6-8,15H,1,4-5H2,2H3/t8-/m1/s1. The van der Waals surface area contributed by atoms with Crippen LogP contribution in [0.2, 0.25) is 0 Å². The molecular formula is C12H14BrNO4. The zero-order chi connectivity index (χ0) is 13.7. The second-order valence-electron chi connectivity index (χ2n) is 3.70. The zero-order valence-corrected chi connectivity index (χ0v) is 11.5. The van der Waals surface area contributed by atoms with E-state index in [1.54, 1.807) is 12.1 Å². The molecule has 18 heavy (non-hydrogen) atoms. The minimum Gasteiger partial charge on any atom is -0.486 e. The topological polar surface area (TPSA) is 72.6 Å². The lowest BCUT2D eigenvalue weighted by atomic mass is 10.1. The zero-order valence-electron chi connectivity index (χ0n) is 9.93. The Balaban J connectivity index is 3.22. The molecule has 0 aliphatic carbocycles. The van der Waals surface area contributed by atoms with E-state index < -0.39 is 11.0 Å². The van der Waals surface area contributed by atoms with E-state index in [2.05, 4.69) is 22.5 Å². The van der Waals surface area contributed by atoms with Crippen molar-refractivity contribution in [2.24, 2.45) is 0 Å². The van der Waals surface area contributed by atoms with Crippen LogP contribution in [-0.4, -0.2) is 16.6 Å². The van der Waals surface area contributed by atoms with Crippen molar-refractivity contribution in [3.05, 3.63) is 44.9 Å². The molecule has 1 aromatic rings. The molecule has 0 spiro atoms. The smallest absolute Gasteiger partial charge is 0.312 e. The third-order valence-corrected chi connectivity index (χ3v) is 2.74. The highest BCUT2D eigenvalue weighted by atomic mass is 79.9. The molecule has 0 heterocycles. The Morgan fingerprint density at radius 1 is 1.67 bits per heavy atom. The van der Waals surface area contributed by atoms with Crippen molar-refractivity contribution in [3.63, 3.8) is 0 Å². The summed E-state index contributed by atoms with van der Waals surface area (Å²) in [4.78, 5) is 10.5. The van der Waals surface area contributed by atoms with Gasteiger partial charge in [0.25, 0.3) is 0 Å². The average molecular weight is 316 g/mol. The summed E-state index contributed by atoms with van der Waals surface area (Å²) in [5, 5.41) is 20.6. The van der Waals surface area contributed by atoms with Gasteiger partial charge in [0.15, 0.2) is 0 Å². The molecule has 1 N–H and O–H groups in total. The van der Waals surface area contributed by atoms with E-state index in [-0.39, 0.29) is 18.0 Å². The highest BCUT2D eigenvalue weighted by Crippen LogP contribution is 2.37. The summed E-state index contributed by atoms with van der Waals surface area (Å²) in [6.45, 7) is 5.37. The highest BCUT2D eigenvalue weighted by molar-refractivity contribution is 9.10. The van der Waals surface area contributed by atoms with Gasteiger partial charge in [-0.25, -0.2) is 0 Å². The number of halogens is 1. The molecule has 0 bridgehead atoms. The van der Waals surface area contributed by atoms with Gasteiger partial charge in [0.05, 0.1) is 17.6 Å². The van der Waals surface area contributed by atoms with Crippen LogP contribution in [0.5, 0.6) is 5.75 Å². The van der Waals surface area contributed by atoms with E-state index in [4.69, 9.17) is 4.74 Å². The van der Waals surface area contributed by atoms with Gasteiger partial charge in [0.1, 0.15) is 0 Å². The first-order chi connectivity index (χ1) is 8.47. The minimum atomic E-state index is -0.847. The predicted molar refractivity (Wildman–Crippen MR) is 71.7 cm³/mol. The van der Waals surface area contributed by atoms with Gasteiger partial charge in [-0.1, -0.05) is 22.0 Å². The van der Waals surface area contributed by atoms with Crippen LogP contribution in [-0.2, 0) is 0 Å². The lowest BCUT2D eigenvalue weighted by molar-refractivity contribution is -0.386.